The van der Waals surface area contributed by atoms with Crippen LogP contribution in [-0.2, 0) is 6.54 Å². The van der Waals surface area contributed by atoms with Crippen LogP contribution >= 0.6 is 43.2 Å². The zero-order chi connectivity index (χ0) is 12.4. The molecule has 96 valence electrons. The van der Waals surface area contributed by atoms with Gasteiger partial charge in [0.05, 0.1) is 3.79 Å². The van der Waals surface area contributed by atoms with E-state index in [1.165, 1.54) is 27.9 Å². The number of nitrogens with zero attached hydrogens (tertiary/aromatic N) is 1. The van der Waals surface area contributed by atoms with Crippen LogP contribution < -0.4 is 5.73 Å². The van der Waals surface area contributed by atoms with Gasteiger partial charge in [0.2, 0.25) is 0 Å². The van der Waals surface area contributed by atoms with E-state index >= 15 is 0 Å². The first-order chi connectivity index (χ1) is 8.11. The predicted octanol–water partition coefficient (Wildman–Crippen LogP) is 3.83. The van der Waals surface area contributed by atoms with Crippen molar-refractivity contribution in [1.29, 1.82) is 0 Å². The molecule has 5 heteroatoms. The minimum Gasteiger partial charge on any atom is -0.330 e. The molecule has 1 aromatic rings. The average molecular weight is 382 g/mol. The lowest BCUT2D eigenvalue weighted by atomic mass is 10.0. The van der Waals surface area contributed by atoms with E-state index < -0.39 is 0 Å². The number of thiophene rings is 1. The maximum Gasteiger partial charge on any atom is 0.0843 e. The minimum absolute atomic E-state index is 0.666. The fourth-order valence-electron chi connectivity index (χ4n) is 2.70. The van der Waals surface area contributed by atoms with E-state index in [2.05, 4.69) is 49.9 Å². The van der Waals surface area contributed by atoms with Gasteiger partial charge in [0.1, 0.15) is 0 Å². The Labute approximate surface area is 124 Å². The van der Waals surface area contributed by atoms with Crippen molar-refractivity contribution in [2.45, 2.75) is 31.8 Å². The summed E-state index contributed by atoms with van der Waals surface area (Å²) < 4.78 is 2.34. The zero-order valence-electron chi connectivity index (χ0n) is 9.96. The largest absolute Gasteiger partial charge is 0.330 e. The fraction of sp³-hybridized carbons (Fsp3) is 0.667. The third-order valence-corrected chi connectivity index (χ3v) is 6.83. The normalized spacial score (nSPS) is 24.8. The zero-order valence-corrected chi connectivity index (χ0v) is 13.9. The second-order valence-corrected chi connectivity index (χ2v) is 8.05. The van der Waals surface area contributed by atoms with Gasteiger partial charge in [-0.15, -0.1) is 11.3 Å². The molecule has 0 bridgehead atoms. The molecule has 1 heterocycles. The Hall–Kier alpha value is 0.580. The van der Waals surface area contributed by atoms with Crippen LogP contribution in [0.25, 0.3) is 0 Å². The summed E-state index contributed by atoms with van der Waals surface area (Å²) >= 11 is 8.90. The quantitative estimate of drug-likeness (QED) is 0.858. The first-order valence-electron chi connectivity index (χ1n) is 5.96. The number of hydrogen-bond acceptors (Lipinski definition) is 3. The molecule has 0 radical (unpaired) electrons. The fourth-order valence-corrected chi connectivity index (χ4v) is 4.95. The van der Waals surface area contributed by atoms with Gasteiger partial charge >= 0.3 is 0 Å². The molecule has 17 heavy (non-hydrogen) atoms. The molecule has 2 unspecified atom stereocenters. The van der Waals surface area contributed by atoms with Crippen LogP contribution in [-0.4, -0.2) is 24.5 Å². The molecule has 0 spiro atoms. The van der Waals surface area contributed by atoms with Gasteiger partial charge in [-0.3, -0.25) is 4.90 Å². The Balaban J connectivity index is 1.98. The molecule has 2 N–H and O–H groups in total. The van der Waals surface area contributed by atoms with E-state index in [1.807, 2.05) is 11.3 Å². The van der Waals surface area contributed by atoms with Crippen molar-refractivity contribution in [3.8, 4) is 0 Å². The monoisotopic (exact) mass is 380 g/mol. The van der Waals surface area contributed by atoms with Gasteiger partial charge in [0.15, 0.2) is 0 Å². The maximum atomic E-state index is 5.84. The van der Waals surface area contributed by atoms with Crippen LogP contribution in [0.2, 0.25) is 0 Å². The molecule has 0 saturated heterocycles. The van der Waals surface area contributed by atoms with Gasteiger partial charge in [-0.25, -0.2) is 0 Å². The van der Waals surface area contributed by atoms with Crippen molar-refractivity contribution in [2.75, 3.05) is 13.6 Å². The first kappa shape index (κ1) is 14.0. The molecule has 1 saturated carbocycles. The second kappa shape index (κ2) is 6.15. The Morgan fingerprint density at radius 3 is 2.82 bits per heavy atom. The van der Waals surface area contributed by atoms with Crippen LogP contribution in [0.1, 0.15) is 24.1 Å². The molecule has 2 rings (SSSR count). The molecule has 2 atom stereocenters. The highest BCUT2D eigenvalue weighted by Crippen LogP contribution is 2.35. The topological polar surface area (TPSA) is 29.3 Å². The van der Waals surface area contributed by atoms with Crippen LogP contribution in [0.4, 0.5) is 0 Å². The summed E-state index contributed by atoms with van der Waals surface area (Å²) in [6.45, 7) is 1.85. The first-order valence-corrected chi connectivity index (χ1v) is 8.36. The summed E-state index contributed by atoms with van der Waals surface area (Å²) in [5.74, 6) is 0.687. The van der Waals surface area contributed by atoms with Crippen LogP contribution in [0, 0.1) is 5.92 Å². The highest BCUT2D eigenvalue weighted by atomic mass is 79.9. The van der Waals surface area contributed by atoms with E-state index in [0.29, 0.717) is 12.0 Å². The van der Waals surface area contributed by atoms with Crippen LogP contribution in [0.5, 0.6) is 0 Å². The second-order valence-electron chi connectivity index (χ2n) is 4.74. The van der Waals surface area contributed by atoms with E-state index in [1.54, 1.807) is 0 Å². The van der Waals surface area contributed by atoms with E-state index in [9.17, 15) is 0 Å². The SMILES string of the molecule is CN(Cc1cc(Br)c(Br)s1)C1CCCC1CN. The summed E-state index contributed by atoms with van der Waals surface area (Å²) in [7, 11) is 2.22. The molecule has 0 aromatic carbocycles. The van der Waals surface area contributed by atoms with Gasteiger partial charge in [-0.2, -0.15) is 0 Å². The van der Waals surface area contributed by atoms with E-state index in [-0.39, 0.29) is 0 Å². The standard InChI is InChI=1S/C12H18Br2N2S/c1-16(11-4-2-3-8(11)6-15)7-9-5-10(13)12(14)17-9/h5,8,11H,2-4,6-7,15H2,1H3. The Morgan fingerprint density at radius 1 is 1.47 bits per heavy atom. The van der Waals surface area contributed by atoms with Crippen molar-refractivity contribution in [3.05, 3.63) is 19.2 Å². The summed E-state index contributed by atoms with van der Waals surface area (Å²) in [6.07, 6.45) is 3.92. The van der Waals surface area contributed by atoms with Crippen molar-refractivity contribution in [3.63, 3.8) is 0 Å². The molecule has 1 aliphatic carbocycles. The molecular weight excluding hydrogens is 364 g/mol. The molecule has 0 aliphatic heterocycles. The molecule has 1 aliphatic rings. The highest BCUT2D eigenvalue weighted by Gasteiger charge is 2.29. The number of halogens is 2. The molecule has 1 aromatic heterocycles. The third kappa shape index (κ3) is 3.32. The number of nitrogens with two attached hydrogens (primary N) is 1. The predicted molar refractivity (Wildman–Crippen MR) is 81.4 cm³/mol. The van der Waals surface area contributed by atoms with Crippen molar-refractivity contribution >= 4 is 43.2 Å². The average Bonchev–Trinajstić information content (AvgIpc) is 2.86. The van der Waals surface area contributed by atoms with Crippen LogP contribution in [0.3, 0.4) is 0 Å². The lowest BCUT2D eigenvalue weighted by molar-refractivity contribution is 0.194. The van der Waals surface area contributed by atoms with E-state index in [0.717, 1.165) is 17.6 Å². The van der Waals surface area contributed by atoms with Crippen molar-refractivity contribution in [2.24, 2.45) is 11.7 Å². The minimum atomic E-state index is 0.666. The summed E-state index contributed by atoms with van der Waals surface area (Å²) in [6, 6.07) is 2.87. The Bertz CT molecular complexity index is 361. The molecular formula is C12H18Br2N2S. The Kier molecular flexibility index (Phi) is 5.06. The van der Waals surface area contributed by atoms with Gasteiger partial charge in [0, 0.05) is 21.9 Å². The lowest BCUT2D eigenvalue weighted by Gasteiger charge is -2.28. The van der Waals surface area contributed by atoms with Gasteiger partial charge in [-0.05, 0) is 70.3 Å². The molecule has 1 fully saturated rings. The van der Waals surface area contributed by atoms with E-state index in [4.69, 9.17) is 5.73 Å². The van der Waals surface area contributed by atoms with Crippen molar-refractivity contribution < 1.29 is 0 Å². The van der Waals surface area contributed by atoms with Gasteiger partial charge in [-0.1, -0.05) is 6.42 Å². The van der Waals surface area contributed by atoms with Gasteiger partial charge < -0.3 is 5.73 Å². The summed E-state index contributed by atoms with van der Waals surface area (Å²) in [5.41, 5.74) is 5.84. The molecule has 0 amide bonds. The highest BCUT2D eigenvalue weighted by molar-refractivity contribution is 9.13. The maximum absolute atomic E-state index is 5.84. The smallest absolute Gasteiger partial charge is 0.0843 e. The number of rotatable bonds is 4. The molecule has 2 nitrogen and oxygen atoms in total. The number of hydrogen-bond donors (Lipinski definition) is 1. The van der Waals surface area contributed by atoms with Crippen molar-refractivity contribution in [1.82, 2.24) is 4.90 Å². The van der Waals surface area contributed by atoms with Crippen LogP contribution in [0.15, 0.2) is 14.3 Å². The summed E-state index contributed by atoms with van der Waals surface area (Å²) in [5, 5.41) is 0. The Morgan fingerprint density at radius 2 is 2.24 bits per heavy atom. The lowest BCUT2D eigenvalue weighted by Crippen LogP contribution is -2.37. The van der Waals surface area contributed by atoms with Gasteiger partial charge in [0.25, 0.3) is 0 Å². The third-order valence-electron chi connectivity index (χ3n) is 3.59. The summed E-state index contributed by atoms with van der Waals surface area (Å²) in [4.78, 5) is 3.86.